The third-order valence-electron chi connectivity index (χ3n) is 4.46. The Balaban J connectivity index is 1.83. The number of piperidine rings is 1. The molecule has 27 heavy (non-hydrogen) atoms. The van der Waals surface area contributed by atoms with Crippen molar-refractivity contribution in [2.24, 2.45) is 5.92 Å². The Morgan fingerprint density at radius 2 is 1.78 bits per heavy atom. The number of anilines is 1. The molecule has 0 unspecified atom stereocenters. The summed E-state index contributed by atoms with van der Waals surface area (Å²) in [5.41, 5.74) is 0.350. The van der Waals surface area contributed by atoms with Crippen LogP contribution in [0.3, 0.4) is 0 Å². The van der Waals surface area contributed by atoms with Crippen LogP contribution in [0.1, 0.15) is 12.8 Å². The molecule has 0 bridgehead atoms. The molecular formula is C18H25N3O6. The molecular weight excluding hydrogens is 354 g/mol. The Morgan fingerprint density at radius 3 is 2.37 bits per heavy atom. The highest BCUT2D eigenvalue weighted by molar-refractivity contribution is 6.39. The van der Waals surface area contributed by atoms with Gasteiger partial charge < -0.3 is 29.7 Å². The van der Waals surface area contributed by atoms with E-state index in [2.05, 4.69) is 10.6 Å². The fourth-order valence-electron chi connectivity index (χ4n) is 2.86. The Labute approximate surface area is 157 Å². The van der Waals surface area contributed by atoms with E-state index in [1.165, 1.54) is 21.3 Å². The summed E-state index contributed by atoms with van der Waals surface area (Å²) in [6.45, 7) is 1.51. The molecule has 148 valence electrons. The van der Waals surface area contributed by atoms with Gasteiger partial charge in [0, 0.05) is 25.7 Å². The van der Waals surface area contributed by atoms with Gasteiger partial charge in [0.25, 0.3) is 0 Å². The molecule has 1 aliphatic heterocycles. The molecule has 0 spiro atoms. The van der Waals surface area contributed by atoms with Gasteiger partial charge in [0.2, 0.25) is 0 Å². The number of amides is 3. The van der Waals surface area contributed by atoms with Gasteiger partial charge in [-0.15, -0.1) is 0 Å². The highest BCUT2D eigenvalue weighted by Gasteiger charge is 2.24. The molecule has 0 aromatic heterocycles. The van der Waals surface area contributed by atoms with Gasteiger partial charge in [0.05, 0.1) is 27.0 Å². The minimum Gasteiger partial charge on any atom is -0.497 e. The summed E-state index contributed by atoms with van der Waals surface area (Å²) in [7, 11) is 4.33. The van der Waals surface area contributed by atoms with Crippen LogP contribution in [0.15, 0.2) is 18.2 Å². The smallest absolute Gasteiger partial charge is 0.409 e. The molecule has 1 aliphatic rings. The van der Waals surface area contributed by atoms with Crippen LogP contribution in [0.4, 0.5) is 10.5 Å². The number of carbonyl (C=O) groups excluding carboxylic acids is 3. The third kappa shape index (κ3) is 5.50. The van der Waals surface area contributed by atoms with Gasteiger partial charge in [-0.05, 0) is 30.9 Å². The first-order valence-corrected chi connectivity index (χ1v) is 8.62. The maximum atomic E-state index is 12.1. The lowest BCUT2D eigenvalue weighted by molar-refractivity contribution is -0.136. The lowest BCUT2D eigenvalue weighted by Crippen LogP contribution is -2.43. The predicted molar refractivity (Wildman–Crippen MR) is 97.9 cm³/mol. The number of carbonyl (C=O) groups is 3. The molecule has 2 rings (SSSR count). The minimum absolute atomic E-state index is 0.203. The van der Waals surface area contributed by atoms with E-state index >= 15 is 0 Å². The molecule has 0 atom stereocenters. The second-order valence-electron chi connectivity index (χ2n) is 6.13. The lowest BCUT2D eigenvalue weighted by Gasteiger charge is -2.30. The lowest BCUT2D eigenvalue weighted by atomic mass is 9.97. The average molecular weight is 379 g/mol. The Hall–Kier alpha value is -2.97. The van der Waals surface area contributed by atoms with Gasteiger partial charge in [0.15, 0.2) is 0 Å². The molecule has 1 heterocycles. The third-order valence-corrected chi connectivity index (χ3v) is 4.46. The maximum absolute atomic E-state index is 12.1. The van der Waals surface area contributed by atoms with E-state index in [0.29, 0.717) is 36.8 Å². The quantitative estimate of drug-likeness (QED) is 0.746. The Kier molecular flexibility index (Phi) is 7.27. The average Bonchev–Trinajstić information content (AvgIpc) is 2.71. The SMILES string of the molecule is COC(=O)N1CCC(CNC(=O)C(=O)Nc2cc(OC)ccc2OC)CC1. The summed E-state index contributed by atoms with van der Waals surface area (Å²) in [5, 5.41) is 5.17. The first-order chi connectivity index (χ1) is 13.0. The molecule has 2 N–H and O–H groups in total. The molecule has 1 aromatic carbocycles. The van der Waals surface area contributed by atoms with Crippen molar-refractivity contribution in [1.82, 2.24) is 10.2 Å². The van der Waals surface area contributed by atoms with Gasteiger partial charge >= 0.3 is 17.9 Å². The van der Waals surface area contributed by atoms with Crippen molar-refractivity contribution < 1.29 is 28.6 Å². The van der Waals surface area contributed by atoms with E-state index in [9.17, 15) is 14.4 Å². The van der Waals surface area contributed by atoms with Crippen molar-refractivity contribution in [2.45, 2.75) is 12.8 Å². The summed E-state index contributed by atoms with van der Waals surface area (Å²) in [4.78, 5) is 37.3. The number of nitrogens with one attached hydrogen (secondary N) is 2. The van der Waals surface area contributed by atoms with Crippen molar-refractivity contribution >= 4 is 23.6 Å². The standard InChI is InChI=1S/C18H25N3O6/c1-25-13-4-5-15(26-2)14(10-13)20-17(23)16(22)19-11-12-6-8-21(9-7-12)18(24)27-3/h4-5,10,12H,6-9,11H2,1-3H3,(H,19,22)(H,20,23). The second-order valence-corrected chi connectivity index (χ2v) is 6.13. The number of likely N-dealkylation sites (tertiary alicyclic amines) is 1. The number of rotatable bonds is 5. The second kappa shape index (κ2) is 9.65. The van der Waals surface area contributed by atoms with Crippen molar-refractivity contribution in [1.29, 1.82) is 0 Å². The zero-order valence-electron chi connectivity index (χ0n) is 15.7. The largest absolute Gasteiger partial charge is 0.497 e. The molecule has 3 amide bonds. The first kappa shape index (κ1) is 20.3. The van der Waals surface area contributed by atoms with E-state index in [0.717, 1.165) is 12.8 Å². The van der Waals surface area contributed by atoms with E-state index in [4.69, 9.17) is 14.2 Å². The topological polar surface area (TPSA) is 106 Å². The summed E-state index contributed by atoms with van der Waals surface area (Å²) >= 11 is 0. The van der Waals surface area contributed by atoms with Gasteiger partial charge in [-0.1, -0.05) is 0 Å². The zero-order valence-corrected chi connectivity index (χ0v) is 15.7. The van der Waals surface area contributed by atoms with Crippen LogP contribution in [0, 0.1) is 5.92 Å². The fraction of sp³-hybridized carbons (Fsp3) is 0.500. The summed E-state index contributed by atoms with van der Waals surface area (Å²) in [6.07, 6.45) is 1.13. The molecule has 9 heteroatoms. The molecule has 0 aliphatic carbocycles. The van der Waals surface area contributed by atoms with Gasteiger partial charge in [0.1, 0.15) is 11.5 Å². The number of ether oxygens (including phenoxy) is 3. The number of hydrogen-bond donors (Lipinski definition) is 2. The van der Waals surface area contributed by atoms with Crippen molar-refractivity contribution in [3.8, 4) is 11.5 Å². The number of methoxy groups -OCH3 is 3. The number of benzene rings is 1. The van der Waals surface area contributed by atoms with Crippen molar-refractivity contribution in [2.75, 3.05) is 46.3 Å². The minimum atomic E-state index is -0.784. The maximum Gasteiger partial charge on any atom is 0.409 e. The van der Waals surface area contributed by atoms with Gasteiger partial charge in [-0.2, -0.15) is 0 Å². The summed E-state index contributed by atoms with van der Waals surface area (Å²) in [6, 6.07) is 4.91. The van der Waals surface area contributed by atoms with Crippen LogP contribution >= 0.6 is 0 Å². The molecule has 1 fully saturated rings. The van der Waals surface area contributed by atoms with Crippen LogP contribution in [0.25, 0.3) is 0 Å². The van der Waals surface area contributed by atoms with E-state index in [-0.39, 0.29) is 12.0 Å². The summed E-state index contributed by atoms with van der Waals surface area (Å²) < 4.78 is 15.0. The molecule has 1 saturated heterocycles. The number of nitrogens with zero attached hydrogens (tertiary/aromatic N) is 1. The van der Waals surface area contributed by atoms with E-state index < -0.39 is 11.8 Å². The molecule has 9 nitrogen and oxygen atoms in total. The zero-order chi connectivity index (χ0) is 19.8. The predicted octanol–water partition coefficient (Wildman–Crippen LogP) is 1.24. The van der Waals surface area contributed by atoms with E-state index in [1.54, 1.807) is 23.1 Å². The monoisotopic (exact) mass is 379 g/mol. The summed E-state index contributed by atoms with van der Waals surface area (Å²) in [5.74, 6) is -0.353. The van der Waals surface area contributed by atoms with Crippen molar-refractivity contribution in [3.63, 3.8) is 0 Å². The van der Waals surface area contributed by atoms with Gasteiger partial charge in [-0.25, -0.2) is 4.79 Å². The van der Waals surface area contributed by atoms with Crippen molar-refractivity contribution in [3.05, 3.63) is 18.2 Å². The van der Waals surface area contributed by atoms with E-state index in [1.807, 2.05) is 0 Å². The van der Waals surface area contributed by atoms with Crippen LogP contribution in [0.5, 0.6) is 11.5 Å². The van der Waals surface area contributed by atoms with Crippen LogP contribution in [0.2, 0.25) is 0 Å². The normalized spacial score (nSPS) is 14.3. The van der Waals surface area contributed by atoms with Gasteiger partial charge in [-0.3, -0.25) is 9.59 Å². The van der Waals surface area contributed by atoms with Crippen LogP contribution < -0.4 is 20.1 Å². The first-order valence-electron chi connectivity index (χ1n) is 8.62. The Bertz CT molecular complexity index is 686. The number of hydrogen-bond acceptors (Lipinski definition) is 6. The molecule has 0 saturated carbocycles. The van der Waals surface area contributed by atoms with Crippen LogP contribution in [-0.4, -0.2) is 63.8 Å². The molecule has 0 radical (unpaired) electrons. The van der Waals surface area contributed by atoms with Crippen LogP contribution in [-0.2, 0) is 14.3 Å². The highest BCUT2D eigenvalue weighted by Crippen LogP contribution is 2.28. The highest BCUT2D eigenvalue weighted by atomic mass is 16.5. The Morgan fingerprint density at radius 1 is 1.07 bits per heavy atom. The fourth-order valence-corrected chi connectivity index (χ4v) is 2.86. The molecule has 1 aromatic rings.